The van der Waals surface area contributed by atoms with Crippen molar-refractivity contribution in [2.24, 2.45) is 0 Å². The number of nitrogens with one attached hydrogen (secondary N) is 1. The number of ether oxygens (including phenoxy) is 1. The Kier molecular flexibility index (Phi) is 3.99. The second-order valence-corrected chi connectivity index (χ2v) is 4.21. The van der Waals surface area contributed by atoms with Crippen LogP contribution in [0.2, 0.25) is 0 Å². The van der Waals surface area contributed by atoms with Crippen LogP contribution in [0.5, 0.6) is 5.75 Å². The molecule has 0 saturated carbocycles. The molecule has 0 amide bonds. The number of benzene rings is 1. The van der Waals surface area contributed by atoms with Crippen LogP contribution in [0.25, 0.3) is 10.8 Å². The Bertz CT molecular complexity index is 528. The van der Waals surface area contributed by atoms with E-state index < -0.39 is 0 Å². The topological polar surface area (TPSA) is 54.4 Å². The van der Waals surface area contributed by atoms with Gasteiger partial charge in [0.05, 0.1) is 6.10 Å². The molecule has 0 aliphatic heterocycles. The van der Waals surface area contributed by atoms with Crippen LogP contribution in [-0.2, 0) is 4.74 Å². The Morgan fingerprint density at radius 2 is 2.22 bits per heavy atom. The lowest BCUT2D eigenvalue weighted by atomic mass is 10.1. The molecule has 2 aromatic rings. The van der Waals surface area contributed by atoms with Crippen molar-refractivity contribution in [2.75, 3.05) is 18.5 Å². The van der Waals surface area contributed by atoms with Crippen molar-refractivity contribution in [2.45, 2.75) is 20.0 Å². The maximum atomic E-state index is 9.54. The number of phenolic OH excluding ortho intramolecular Hbond substituents is 1. The van der Waals surface area contributed by atoms with E-state index in [1.54, 1.807) is 18.3 Å². The largest absolute Gasteiger partial charge is 0.508 e. The Morgan fingerprint density at radius 1 is 1.39 bits per heavy atom. The summed E-state index contributed by atoms with van der Waals surface area (Å²) in [6, 6.07) is 7.19. The van der Waals surface area contributed by atoms with E-state index in [1.165, 1.54) is 0 Å². The molecule has 0 fully saturated rings. The molecular formula is C14H18N2O2. The van der Waals surface area contributed by atoms with E-state index in [1.807, 2.05) is 26.0 Å². The first kappa shape index (κ1) is 12.6. The predicted octanol–water partition coefficient (Wildman–Crippen LogP) is 2.78. The van der Waals surface area contributed by atoms with Crippen molar-refractivity contribution in [1.82, 2.24) is 4.98 Å². The number of rotatable bonds is 5. The summed E-state index contributed by atoms with van der Waals surface area (Å²) in [5, 5.41) is 14.8. The van der Waals surface area contributed by atoms with Crippen LogP contribution in [0, 0.1) is 0 Å². The quantitative estimate of drug-likeness (QED) is 0.851. The minimum atomic E-state index is 0.129. The van der Waals surface area contributed by atoms with E-state index in [4.69, 9.17) is 4.74 Å². The molecule has 1 atom stereocenters. The zero-order valence-corrected chi connectivity index (χ0v) is 10.7. The van der Waals surface area contributed by atoms with Gasteiger partial charge in [0.1, 0.15) is 11.6 Å². The lowest BCUT2D eigenvalue weighted by Gasteiger charge is -2.14. The zero-order valence-electron chi connectivity index (χ0n) is 10.7. The predicted molar refractivity (Wildman–Crippen MR) is 73.0 cm³/mol. The standard InChI is InChI=1S/C14H18N2O2/c1-3-18-10(2)9-16-14-13-8-12(17)5-4-11(13)6-7-15-14/h4-8,10,17H,3,9H2,1-2H3,(H,15,16). The molecule has 2 rings (SSSR count). The number of aromatic nitrogens is 1. The average Bonchev–Trinajstić information content (AvgIpc) is 2.36. The first-order valence-electron chi connectivity index (χ1n) is 6.14. The number of hydrogen-bond acceptors (Lipinski definition) is 4. The second-order valence-electron chi connectivity index (χ2n) is 4.21. The average molecular weight is 246 g/mol. The summed E-state index contributed by atoms with van der Waals surface area (Å²) in [6.07, 6.45) is 1.89. The summed E-state index contributed by atoms with van der Waals surface area (Å²) in [6.45, 7) is 5.38. The third-order valence-electron chi connectivity index (χ3n) is 2.76. The van der Waals surface area contributed by atoms with Crippen LogP contribution in [0.3, 0.4) is 0 Å². The minimum absolute atomic E-state index is 0.129. The number of nitrogens with zero attached hydrogens (tertiary/aromatic N) is 1. The summed E-state index contributed by atoms with van der Waals surface area (Å²) in [5.41, 5.74) is 0. The van der Waals surface area contributed by atoms with Gasteiger partial charge in [-0.2, -0.15) is 0 Å². The van der Waals surface area contributed by atoms with Crippen LogP contribution in [0.4, 0.5) is 5.82 Å². The first-order valence-corrected chi connectivity index (χ1v) is 6.14. The molecule has 0 bridgehead atoms. The molecule has 1 heterocycles. The van der Waals surface area contributed by atoms with Crippen LogP contribution in [0.15, 0.2) is 30.5 Å². The van der Waals surface area contributed by atoms with Crippen molar-refractivity contribution < 1.29 is 9.84 Å². The Labute approximate surface area is 107 Å². The van der Waals surface area contributed by atoms with Gasteiger partial charge in [0.15, 0.2) is 0 Å². The van der Waals surface area contributed by atoms with Gasteiger partial charge in [0.2, 0.25) is 0 Å². The number of anilines is 1. The SMILES string of the molecule is CCOC(C)CNc1nccc2ccc(O)cc12. The molecule has 4 heteroatoms. The highest BCUT2D eigenvalue weighted by Crippen LogP contribution is 2.24. The van der Waals surface area contributed by atoms with Crippen LogP contribution in [-0.4, -0.2) is 29.3 Å². The fourth-order valence-corrected chi connectivity index (χ4v) is 1.88. The molecule has 0 radical (unpaired) electrons. The summed E-state index contributed by atoms with van der Waals surface area (Å²) in [7, 11) is 0. The molecule has 2 N–H and O–H groups in total. The molecule has 1 aromatic carbocycles. The fourth-order valence-electron chi connectivity index (χ4n) is 1.88. The number of fused-ring (bicyclic) bond motifs is 1. The smallest absolute Gasteiger partial charge is 0.134 e. The van der Waals surface area contributed by atoms with Crippen LogP contribution in [0.1, 0.15) is 13.8 Å². The van der Waals surface area contributed by atoms with Crippen molar-refractivity contribution in [3.8, 4) is 5.75 Å². The number of pyridine rings is 1. The monoisotopic (exact) mass is 246 g/mol. The normalized spacial score (nSPS) is 12.6. The van der Waals surface area contributed by atoms with E-state index in [-0.39, 0.29) is 11.9 Å². The van der Waals surface area contributed by atoms with E-state index >= 15 is 0 Å². The molecule has 0 aliphatic rings. The number of aromatic hydroxyl groups is 1. The third-order valence-corrected chi connectivity index (χ3v) is 2.76. The van der Waals surface area contributed by atoms with Gasteiger partial charge in [-0.05, 0) is 37.4 Å². The van der Waals surface area contributed by atoms with Gasteiger partial charge in [-0.15, -0.1) is 0 Å². The minimum Gasteiger partial charge on any atom is -0.508 e. The highest BCUT2D eigenvalue weighted by Gasteiger charge is 2.05. The van der Waals surface area contributed by atoms with Crippen molar-refractivity contribution >= 4 is 16.6 Å². The van der Waals surface area contributed by atoms with Crippen molar-refractivity contribution in [1.29, 1.82) is 0 Å². The van der Waals surface area contributed by atoms with Crippen molar-refractivity contribution in [3.63, 3.8) is 0 Å². The summed E-state index contributed by atoms with van der Waals surface area (Å²) in [4.78, 5) is 4.30. The molecule has 1 aromatic heterocycles. The fraction of sp³-hybridized carbons (Fsp3) is 0.357. The Hall–Kier alpha value is -1.81. The van der Waals surface area contributed by atoms with E-state index in [0.717, 1.165) is 16.6 Å². The first-order chi connectivity index (χ1) is 8.70. The molecule has 0 aliphatic carbocycles. The molecule has 0 saturated heterocycles. The van der Waals surface area contributed by atoms with E-state index in [0.29, 0.717) is 13.2 Å². The van der Waals surface area contributed by atoms with Crippen LogP contribution < -0.4 is 5.32 Å². The number of hydrogen-bond donors (Lipinski definition) is 2. The molecular weight excluding hydrogens is 228 g/mol. The lowest BCUT2D eigenvalue weighted by molar-refractivity contribution is 0.0855. The third kappa shape index (κ3) is 2.90. The van der Waals surface area contributed by atoms with Gasteiger partial charge >= 0.3 is 0 Å². The Morgan fingerprint density at radius 3 is 3.00 bits per heavy atom. The summed E-state index contributed by atoms with van der Waals surface area (Å²) in [5.74, 6) is 1.02. The van der Waals surface area contributed by atoms with Gasteiger partial charge in [0.25, 0.3) is 0 Å². The van der Waals surface area contributed by atoms with Gasteiger partial charge in [-0.1, -0.05) is 6.07 Å². The van der Waals surface area contributed by atoms with E-state index in [9.17, 15) is 5.11 Å². The van der Waals surface area contributed by atoms with Crippen LogP contribution >= 0.6 is 0 Å². The summed E-state index contributed by atoms with van der Waals surface area (Å²) < 4.78 is 5.46. The molecule has 96 valence electrons. The molecule has 18 heavy (non-hydrogen) atoms. The highest BCUT2D eigenvalue weighted by molar-refractivity contribution is 5.92. The van der Waals surface area contributed by atoms with E-state index in [2.05, 4.69) is 10.3 Å². The number of phenols is 1. The van der Waals surface area contributed by atoms with Crippen molar-refractivity contribution in [3.05, 3.63) is 30.5 Å². The highest BCUT2D eigenvalue weighted by atomic mass is 16.5. The molecule has 1 unspecified atom stereocenters. The lowest BCUT2D eigenvalue weighted by Crippen LogP contribution is -2.20. The zero-order chi connectivity index (χ0) is 13.0. The van der Waals surface area contributed by atoms with Gasteiger partial charge in [-0.3, -0.25) is 0 Å². The molecule has 4 nitrogen and oxygen atoms in total. The maximum absolute atomic E-state index is 9.54. The van der Waals surface area contributed by atoms with Gasteiger partial charge < -0.3 is 15.2 Å². The van der Waals surface area contributed by atoms with Gasteiger partial charge in [-0.25, -0.2) is 4.98 Å². The van der Waals surface area contributed by atoms with Gasteiger partial charge in [0, 0.05) is 24.7 Å². The second kappa shape index (κ2) is 5.69. The maximum Gasteiger partial charge on any atom is 0.134 e. The summed E-state index contributed by atoms with van der Waals surface area (Å²) >= 11 is 0. The molecule has 0 spiro atoms. The Balaban J connectivity index is 2.19.